The molecule has 11 nitrogen and oxygen atoms in total. The van der Waals surface area contributed by atoms with Crippen molar-refractivity contribution >= 4 is 23.2 Å². The summed E-state index contributed by atoms with van der Waals surface area (Å²) in [4.78, 5) is 28.1. The molecule has 1 fully saturated rings. The van der Waals surface area contributed by atoms with Gasteiger partial charge in [0.2, 0.25) is 5.60 Å². The van der Waals surface area contributed by atoms with E-state index < -0.39 is 42.4 Å². The summed E-state index contributed by atoms with van der Waals surface area (Å²) in [5.41, 5.74) is -1.11. The molecule has 1 aromatic carbocycles. The molecule has 3 heterocycles. The fourth-order valence-electron chi connectivity index (χ4n) is 3.73. The van der Waals surface area contributed by atoms with Gasteiger partial charge in [-0.3, -0.25) is 9.59 Å². The van der Waals surface area contributed by atoms with Crippen LogP contribution >= 0.6 is 0 Å². The molecule has 11 heteroatoms. The maximum Gasteiger partial charge on any atom is 0.303 e. The fraction of sp³-hybridized carbons (Fsp3) is 0.286. The second-order valence-electron chi connectivity index (χ2n) is 7.15. The maximum atomic E-state index is 12.5. The molecule has 32 heavy (non-hydrogen) atoms. The minimum atomic E-state index is -1.99. The third-order valence-corrected chi connectivity index (χ3v) is 5.18. The number of carbonyl (C=O) groups is 2. The van der Waals surface area contributed by atoms with Gasteiger partial charge in [-0.25, -0.2) is 9.50 Å². The van der Waals surface area contributed by atoms with Crippen LogP contribution in [0, 0.1) is 11.3 Å². The molecule has 0 aliphatic carbocycles. The summed E-state index contributed by atoms with van der Waals surface area (Å²) in [6.07, 6.45) is -2.82. The van der Waals surface area contributed by atoms with Crippen molar-refractivity contribution in [1.82, 2.24) is 14.6 Å². The first-order chi connectivity index (χ1) is 15.4. The highest BCUT2D eigenvalue weighted by molar-refractivity contribution is 6.05. The third kappa shape index (κ3) is 3.46. The van der Waals surface area contributed by atoms with E-state index in [1.54, 1.807) is 36.4 Å². The Morgan fingerprint density at radius 1 is 1.31 bits per heavy atom. The number of benzene rings is 1. The van der Waals surface area contributed by atoms with Gasteiger partial charge in [-0.15, -0.1) is 0 Å². The van der Waals surface area contributed by atoms with Crippen LogP contribution in [0.25, 0.3) is 5.52 Å². The van der Waals surface area contributed by atoms with Crippen molar-refractivity contribution < 1.29 is 29.3 Å². The Morgan fingerprint density at radius 2 is 2.06 bits per heavy atom. The van der Waals surface area contributed by atoms with Gasteiger partial charge in [0.05, 0.1) is 12.3 Å². The molecule has 1 aliphatic rings. The molecule has 164 valence electrons. The van der Waals surface area contributed by atoms with Gasteiger partial charge in [0.25, 0.3) is 5.91 Å². The van der Waals surface area contributed by atoms with Gasteiger partial charge in [0, 0.05) is 12.5 Å². The predicted molar refractivity (Wildman–Crippen MR) is 108 cm³/mol. The van der Waals surface area contributed by atoms with Crippen LogP contribution in [0.2, 0.25) is 0 Å². The van der Waals surface area contributed by atoms with Gasteiger partial charge in [-0.2, -0.15) is 10.4 Å². The number of carbonyl (C=O) groups excluding carboxylic acids is 2. The zero-order valence-electron chi connectivity index (χ0n) is 16.9. The predicted octanol–water partition coefficient (Wildman–Crippen LogP) is 0.384. The van der Waals surface area contributed by atoms with Crippen LogP contribution in [0.1, 0.15) is 23.0 Å². The van der Waals surface area contributed by atoms with E-state index in [4.69, 9.17) is 9.47 Å². The molecule has 0 radical (unpaired) electrons. The zero-order valence-corrected chi connectivity index (χ0v) is 16.9. The van der Waals surface area contributed by atoms with Crippen molar-refractivity contribution in [2.24, 2.45) is 0 Å². The van der Waals surface area contributed by atoms with Crippen molar-refractivity contribution in [2.45, 2.75) is 30.8 Å². The molecule has 3 N–H and O–H groups in total. The summed E-state index contributed by atoms with van der Waals surface area (Å²) in [5.74, 6) is -0.912. The number of anilines is 1. The van der Waals surface area contributed by atoms with Crippen molar-refractivity contribution in [3.63, 3.8) is 0 Å². The Bertz CT molecular complexity index is 1210. The minimum Gasteiger partial charge on any atom is -0.457 e. The molecule has 4 atom stereocenters. The third-order valence-electron chi connectivity index (χ3n) is 5.18. The molecule has 2 aromatic heterocycles. The Morgan fingerprint density at radius 3 is 2.72 bits per heavy atom. The van der Waals surface area contributed by atoms with Crippen molar-refractivity contribution in [3.05, 3.63) is 60.0 Å². The van der Waals surface area contributed by atoms with Gasteiger partial charge >= 0.3 is 5.97 Å². The number of nitriles is 1. The van der Waals surface area contributed by atoms with E-state index >= 15 is 0 Å². The van der Waals surface area contributed by atoms with E-state index in [0.717, 1.165) is 6.92 Å². The molecule has 1 amide bonds. The van der Waals surface area contributed by atoms with E-state index in [2.05, 4.69) is 15.4 Å². The second kappa shape index (κ2) is 8.35. The highest BCUT2D eigenvalue weighted by Gasteiger charge is 2.59. The van der Waals surface area contributed by atoms with Crippen molar-refractivity contribution in [1.29, 1.82) is 5.26 Å². The summed E-state index contributed by atoms with van der Waals surface area (Å²) < 4.78 is 12.1. The monoisotopic (exact) mass is 437 g/mol. The number of esters is 1. The number of nitrogens with one attached hydrogen (secondary N) is 1. The number of aromatic nitrogens is 3. The number of hydrogen-bond acceptors (Lipinski definition) is 9. The zero-order chi connectivity index (χ0) is 22.9. The average molecular weight is 437 g/mol. The summed E-state index contributed by atoms with van der Waals surface area (Å²) >= 11 is 0. The molecule has 1 saturated heterocycles. The molecule has 0 spiro atoms. The quantitative estimate of drug-likeness (QED) is 0.480. The van der Waals surface area contributed by atoms with Gasteiger partial charge in [0.15, 0.2) is 11.9 Å². The van der Waals surface area contributed by atoms with Gasteiger partial charge < -0.3 is 25.0 Å². The largest absolute Gasteiger partial charge is 0.457 e. The van der Waals surface area contributed by atoms with Crippen LogP contribution in [0.15, 0.2) is 48.8 Å². The number of aliphatic hydroxyl groups is 2. The van der Waals surface area contributed by atoms with Gasteiger partial charge in [-0.1, -0.05) is 18.2 Å². The van der Waals surface area contributed by atoms with Crippen LogP contribution in [0.3, 0.4) is 0 Å². The van der Waals surface area contributed by atoms with E-state index in [1.165, 1.54) is 16.9 Å². The fourth-order valence-corrected chi connectivity index (χ4v) is 3.73. The molecule has 0 bridgehead atoms. The number of aliphatic hydroxyl groups excluding tert-OH is 2. The molecule has 3 aromatic rings. The Hall–Kier alpha value is -3.85. The Kier molecular flexibility index (Phi) is 5.58. The first-order valence-electron chi connectivity index (χ1n) is 9.66. The number of ether oxygens (including phenoxy) is 2. The normalized spacial score (nSPS) is 24.8. The molecule has 4 unspecified atom stereocenters. The summed E-state index contributed by atoms with van der Waals surface area (Å²) in [5, 5.41) is 37.3. The van der Waals surface area contributed by atoms with Crippen LogP contribution < -0.4 is 5.32 Å². The minimum absolute atomic E-state index is 0.119. The van der Waals surface area contributed by atoms with Crippen LogP contribution in [-0.2, 0) is 19.9 Å². The highest BCUT2D eigenvalue weighted by Crippen LogP contribution is 2.41. The lowest BCUT2D eigenvalue weighted by Crippen LogP contribution is -2.42. The lowest BCUT2D eigenvalue weighted by atomic mass is 9.92. The Labute approximate surface area is 181 Å². The molecule has 0 saturated carbocycles. The van der Waals surface area contributed by atoms with Crippen LogP contribution in [-0.4, -0.2) is 61.6 Å². The second-order valence-corrected chi connectivity index (χ2v) is 7.15. The lowest BCUT2D eigenvalue weighted by molar-refractivity contribution is -0.153. The number of amides is 1. The SMILES string of the molecule is CC(=O)OC1C(CO)OC(C#N)(c2ccc3c(NC(=O)c4ccccc4)ncnn23)C1O. The van der Waals surface area contributed by atoms with E-state index in [1.807, 2.05) is 6.07 Å². The van der Waals surface area contributed by atoms with E-state index in [0.29, 0.717) is 11.1 Å². The van der Waals surface area contributed by atoms with E-state index in [9.17, 15) is 25.1 Å². The Balaban J connectivity index is 1.74. The van der Waals surface area contributed by atoms with Crippen LogP contribution in [0.4, 0.5) is 5.82 Å². The van der Waals surface area contributed by atoms with Crippen molar-refractivity contribution in [3.8, 4) is 6.07 Å². The highest BCUT2D eigenvalue weighted by atomic mass is 16.6. The number of hydrogen-bond donors (Lipinski definition) is 3. The molecular weight excluding hydrogens is 418 g/mol. The standard InChI is InChI=1S/C21H19N5O6/c1-12(28)31-17-15(9-27)32-21(10-22,18(17)29)16-8-7-14-19(23-11-24-26(14)16)25-20(30)13-5-3-2-4-6-13/h2-8,11,15,17-18,27,29H,9H2,1H3,(H,23,24,25,30). The average Bonchev–Trinajstić information content (AvgIpc) is 3.35. The molecular formula is C21H19N5O6. The van der Waals surface area contributed by atoms with Gasteiger partial charge in [0.1, 0.15) is 30.1 Å². The first kappa shape index (κ1) is 21.4. The molecule has 1 aliphatic heterocycles. The summed E-state index contributed by atoms with van der Waals surface area (Å²) in [6, 6.07) is 13.5. The van der Waals surface area contributed by atoms with E-state index in [-0.39, 0.29) is 11.5 Å². The summed E-state index contributed by atoms with van der Waals surface area (Å²) in [7, 11) is 0. The number of rotatable bonds is 5. The maximum absolute atomic E-state index is 12.5. The number of fused-ring (bicyclic) bond motifs is 1. The topological polar surface area (TPSA) is 159 Å². The van der Waals surface area contributed by atoms with Crippen LogP contribution in [0.5, 0.6) is 0 Å². The number of nitrogens with zero attached hydrogens (tertiary/aromatic N) is 4. The lowest BCUT2D eigenvalue weighted by Gasteiger charge is -2.24. The first-order valence-corrected chi connectivity index (χ1v) is 9.66. The van der Waals surface area contributed by atoms with Gasteiger partial charge in [-0.05, 0) is 24.3 Å². The smallest absolute Gasteiger partial charge is 0.303 e. The molecule has 4 rings (SSSR count). The summed E-state index contributed by atoms with van der Waals surface area (Å²) in [6.45, 7) is 0.560. The van der Waals surface area contributed by atoms with Crippen molar-refractivity contribution in [2.75, 3.05) is 11.9 Å².